The molecule has 2 bridgehead atoms. The van der Waals surface area contributed by atoms with Gasteiger partial charge in [0.05, 0.1) is 16.5 Å². The molecule has 1 aromatic carbocycles. The van der Waals surface area contributed by atoms with E-state index in [2.05, 4.69) is 4.98 Å². The third kappa shape index (κ3) is 1.93. The number of hydrogen-bond donors (Lipinski definition) is 0. The number of sulfone groups is 1. The Bertz CT molecular complexity index is 847. The Hall–Kier alpha value is -1.95. The van der Waals surface area contributed by atoms with Gasteiger partial charge in [-0.1, -0.05) is 6.07 Å². The minimum atomic E-state index is -2.97. The molecule has 2 fully saturated rings. The molecule has 0 spiro atoms. The average Bonchev–Trinajstić information content (AvgIpc) is 3.02. The Kier molecular flexibility index (Phi) is 2.60. The monoisotopic (exact) mass is 302 g/mol. The smallest absolute Gasteiger partial charge is 0.254 e. The third-order valence-electron chi connectivity index (χ3n) is 4.42. The first-order valence-electron chi connectivity index (χ1n) is 6.92. The molecule has 6 heteroatoms. The Balaban J connectivity index is 1.66. The van der Waals surface area contributed by atoms with Crippen molar-refractivity contribution in [3.63, 3.8) is 0 Å². The zero-order valence-corrected chi connectivity index (χ0v) is 12.1. The summed E-state index contributed by atoms with van der Waals surface area (Å²) in [5.74, 6) is 0.0293. The molecule has 5 nitrogen and oxygen atoms in total. The van der Waals surface area contributed by atoms with E-state index in [-0.39, 0.29) is 23.0 Å². The highest BCUT2D eigenvalue weighted by Gasteiger charge is 2.50. The highest BCUT2D eigenvalue weighted by atomic mass is 32.2. The third-order valence-corrected chi connectivity index (χ3v) is 6.63. The van der Waals surface area contributed by atoms with Crippen molar-refractivity contribution in [1.29, 1.82) is 0 Å². The largest absolute Gasteiger partial charge is 0.333 e. The van der Waals surface area contributed by atoms with Crippen LogP contribution < -0.4 is 0 Å². The van der Waals surface area contributed by atoms with Gasteiger partial charge in [0.15, 0.2) is 9.84 Å². The maximum Gasteiger partial charge on any atom is 0.254 e. The van der Waals surface area contributed by atoms with Gasteiger partial charge in [0.2, 0.25) is 0 Å². The van der Waals surface area contributed by atoms with E-state index in [1.54, 1.807) is 17.2 Å². The summed E-state index contributed by atoms with van der Waals surface area (Å²) in [4.78, 5) is 18.5. The summed E-state index contributed by atoms with van der Waals surface area (Å²) in [6.07, 6.45) is 2.30. The Labute approximate surface area is 122 Å². The van der Waals surface area contributed by atoms with Crippen LogP contribution in [0.15, 0.2) is 36.5 Å². The average molecular weight is 302 g/mol. The maximum atomic E-state index is 12.6. The molecule has 2 atom stereocenters. The van der Waals surface area contributed by atoms with Crippen LogP contribution in [0.1, 0.15) is 16.8 Å². The molecule has 2 aliphatic heterocycles. The molecule has 4 rings (SSSR count). The first-order valence-corrected chi connectivity index (χ1v) is 8.63. The van der Waals surface area contributed by atoms with Crippen molar-refractivity contribution >= 4 is 26.6 Å². The summed E-state index contributed by atoms with van der Waals surface area (Å²) < 4.78 is 23.5. The number of carbonyl (C=O) groups is 1. The molecule has 1 aromatic heterocycles. The summed E-state index contributed by atoms with van der Waals surface area (Å²) in [6, 6.07) is 9.01. The summed E-state index contributed by atoms with van der Waals surface area (Å²) in [6.45, 7) is 0.330. The van der Waals surface area contributed by atoms with Crippen molar-refractivity contribution in [2.75, 3.05) is 12.3 Å². The van der Waals surface area contributed by atoms with Crippen LogP contribution in [-0.2, 0) is 9.84 Å². The van der Waals surface area contributed by atoms with Crippen molar-refractivity contribution in [3.05, 3.63) is 42.1 Å². The number of amides is 1. The number of rotatable bonds is 1. The zero-order valence-electron chi connectivity index (χ0n) is 11.3. The second-order valence-corrected chi connectivity index (χ2v) is 8.04. The first kappa shape index (κ1) is 12.8. The van der Waals surface area contributed by atoms with Crippen LogP contribution in [-0.4, -0.2) is 47.8 Å². The lowest BCUT2D eigenvalue weighted by Crippen LogP contribution is -2.44. The fraction of sp³-hybridized carbons (Fsp3) is 0.333. The highest BCUT2D eigenvalue weighted by Crippen LogP contribution is 2.34. The maximum absolute atomic E-state index is 12.6. The molecule has 1 amide bonds. The van der Waals surface area contributed by atoms with Crippen LogP contribution in [0.5, 0.6) is 0 Å². The second kappa shape index (κ2) is 4.27. The Morgan fingerprint density at radius 1 is 1.29 bits per heavy atom. The minimum absolute atomic E-state index is 0.0804. The number of likely N-dealkylation sites (tertiary alicyclic amines) is 1. The molecule has 108 valence electrons. The zero-order chi connectivity index (χ0) is 14.6. The van der Waals surface area contributed by atoms with E-state index in [1.165, 1.54) is 0 Å². The molecule has 2 aromatic rings. The van der Waals surface area contributed by atoms with Crippen LogP contribution in [0.2, 0.25) is 0 Å². The predicted molar refractivity (Wildman–Crippen MR) is 78.8 cm³/mol. The molecule has 2 aliphatic rings. The van der Waals surface area contributed by atoms with Crippen LogP contribution in [0.25, 0.3) is 10.9 Å². The van der Waals surface area contributed by atoms with Gasteiger partial charge >= 0.3 is 0 Å². The number of benzene rings is 1. The molecular weight excluding hydrogens is 288 g/mol. The van der Waals surface area contributed by atoms with Gasteiger partial charge in [-0.25, -0.2) is 8.42 Å². The molecule has 0 radical (unpaired) electrons. The van der Waals surface area contributed by atoms with Crippen LogP contribution >= 0.6 is 0 Å². The van der Waals surface area contributed by atoms with Gasteiger partial charge in [-0.05, 0) is 30.7 Å². The van der Waals surface area contributed by atoms with Gasteiger partial charge in [0.1, 0.15) is 0 Å². The summed E-state index contributed by atoms with van der Waals surface area (Å²) in [5.41, 5.74) is 1.44. The van der Waals surface area contributed by atoms with E-state index in [9.17, 15) is 13.2 Å². The van der Waals surface area contributed by atoms with Crippen LogP contribution in [0, 0.1) is 0 Å². The Morgan fingerprint density at radius 2 is 2.14 bits per heavy atom. The lowest BCUT2D eigenvalue weighted by molar-refractivity contribution is 0.0746. The molecule has 2 saturated heterocycles. The summed E-state index contributed by atoms with van der Waals surface area (Å²) >= 11 is 0. The molecule has 0 N–H and O–H groups in total. The van der Waals surface area contributed by atoms with Gasteiger partial charge in [-0.3, -0.25) is 9.78 Å². The van der Waals surface area contributed by atoms with Gasteiger partial charge in [-0.2, -0.15) is 0 Å². The molecule has 2 unspecified atom stereocenters. The quantitative estimate of drug-likeness (QED) is 0.795. The standard InChI is InChI=1S/C15H14N2O3S/c18-15(17-8-13-7-12(17)9-21(13,19)20)11-3-4-14-10(6-11)2-1-5-16-14/h1-6,12-13H,7-9H2. The van der Waals surface area contributed by atoms with Crippen LogP contribution in [0.3, 0.4) is 0 Å². The van der Waals surface area contributed by atoms with Crippen molar-refractivity contribution in [2.45, 2.75) is 17.7 Å². The molecule has 0 aliphatic carbocycles. The lowest BCUT2D eigenvalue weighted by Gasteiger charge is -2.27. The molecule has 0 saturated carbocycles. The normalized spacial score (nSPS) is 26.4. The fourth-order valence-corrected chi connectivity index (χ4v) is 5.35. The number of hydrogen-bond acceptors (Lipinski definition) is 4. The van der Waals surface area contributed by atoms with E-state index in [4.69, 9.17) is 0 Å². The van der Waals surface area contributed by atoms with E-state index in [0.29, 0.717) is 18.5 Å². The number of carbonyl (C=O) groups excluding carboxylic acids is 1. The SMILES string of the molecule is O=C(c1ccc2ncccc2c1)N1CC2CC1CS2(=O)=O. The van der Waals surface area contributed by atoms with E-state index in [0.717, 1.165) is 10.9 Å². The molecule has 21 heavy (non-hydrogen) atoms. The van der Waals surface area contributed by atoms with Gasteiger partial charge in [0, 0.05) is 29.7 Å². The summed E-state index contributed by atoms with van der Waals surface area (Å²) in [5, 5.41) is 0.550. The van der Waals surface area contributed by atoms with Crippen molar-refractivity contribution in [2.24, 2.45) is 0 Å². The lowest BCUT2D eigenvalue weighted by atomic mass is 10.1. The fourth-order valence-electron chi connectivity index (χ4n) is 3.32. The van der Waals surface area contributed by atoms with Gasteiger partial charge in [-0.15, -0.1) is 0 Å². The predicted octanol–water partition coefficient (Wildman–Crippen LogP) is 1.25. The van der Waals surface area contributed by atoms with Gasteiger partial charge < -0.3 is 4.90 Å². The van der Waals surface area contributed by atoms with Crippen molar-refractivity contribution in [3.8, 4) is 0 Å². The number of aromatic nitrogens is 1. The topological polar surface area (TPSA) is 67.3 Å². The van der Waals surface area contributed by atoms with Crippen LogP contribution in [0.4, 0.5) is 0 Å². The Morgan fingerprint density at radius 3 is 2.86 bits per heavy atom. The highest BCUT2D eigenvalue weighted by molar-refractivity contribution is 7.92. The minimum Gasteiger partial charge on any atom is -0.333 e. The number of pyridine rings is 1. The van der Waals surface area contributed by atoms with E-state index >= 15 is 0 Å². The molecular formula is C15H14N2O3S. The van der Waals surface area contributed by atoms with Gasteiger partial charge in [0.25, 0.3) is 5.91 Å². The van der Waals surface area contributed by atoms with Crippen molar-refractivity contribution in [1.82, 2.24) is 9.88 Å². The molecule has 3 heterocycles. The first-order chi connectivity index (χ1) is 10.0. The second-order valence-electron chi connectivity index (χ2n) is 5.71. The number of fused-ring (bicyclic) bond motifs is 3. The van der Waals surface area contributed by atoms with E-state index < -0.39 is 9.84 Å². The number of nitrogens with zero attached hydrogens (tertiary/aromatic N) is 2. The summed E-state index contributed by atoms with van der Waals surface area (Å²) in [7, 11) is -2.97. The van der Waals surface area contributed by atoms with E-state index in [1.807, 2.05) is 24.3 Å². The van der Waals surface area contributed by atoms with Crippen molar-refractivity contribution < 1.29 is 13.2 Å².